The van der Waals surface area contributed by atoms with Gasteiger partial charge in [0.05, 0.1) is 11.4 Å². The number of aryl methyl sites for hydroxylation is 1. The van der Waals surface area contributed by atoms with E-state index in [2.05, 4.69) is 165 Å². The van der Waals surface area contributed by atoms with E-state index in [0.717, 1.165) is 67.9 Å². The standard InChI is InChI=1S/C48H48N2/c1-10-13-26-45(32(4)5)47-36(9)46(39-22-15-14-16-23-39)49-48(50-47)44-30-42(37(11-2)27-40-24-18-17-20-34(40)7)29-43(31-44)38(12-3)28-41-25-19-21-33(6)35(41)8/h10-20,22-31H,1-2,21H2,3-9H3/b26-13-,37-27+,38-12+,41-28-. The zero-order valence-electron chi connectivity index (χ0n) is 30.6. The lowest BCUT2D eigenvalue weighted by atomic mass is 9.90. The molecule has 0 spiro atoms. The Labute approximate surface area is 299 Å². The molecule has 5 rings (SSSR count). The molecule has 0 unspecified atom stereocenters. The molecule has 0 amide bonds. The molecule has 0 atom stereocenters. The summed E-state index contributed by atoms with van der Waals surface area (Å²) in [6.07, 6.45) is 20.0. The first-order chi connectivity index (χ1) is 24.1. The van der Waals surface area contributed by atoms with E-state index in [4.69, 9.17) is 9.97 Å². The number of rotatable bonds is 10. The van der Waals surface area contributed by atoms with Gasteiger partial charge in [-0.2, -0.15) is 0 Å². The highest BCUT2D eigenvalue weighted by Crippen LogP contribution is 2.36. The SMILES string of the molecule is C=C/C=C\C(=C(C)C)c1nc(-c2cc(/C(C=C)=C/c3ccccc3C)cc(C(/C=C3/C=CCC(C)=C3C)=C/C)c2)nc(-c2ccccc2)c1C. The lowest BCUT2D eigenvalue weighted by Crippen LogP contribution is -2.04. The van der Waals surface area contributed by atoms with E-state index in [9.17, 15) is 0 Å². The monoisotopic (exact) mass is 652 g/mol. The first-order valence-electron chi connectivity index (χ1n) is 17.3. The number of hydrogen-bond acceptors (Lipinski definition) is 2. The van der Waals surface area contributed by atoms with Crippen molar-refractivity contribution < 1.29 is 0 Å². The molecule has 1 aromatic heterocycles. The van der Waals surface area contributed by atoms with Crippen LogP contribution in [0.1, 0.15) is 74.6 Å². The van der Waals surface area contributed by atoms with E-state index in [1.807, 2.05) is 18.2 Å². The molecule has 50 heavy (non-hydrogen) atoms. The summed E-state index contributed by atoms with van der Waals surface area (Å²) in [4.78, 5) is 10.6. The molecule has 250 valence electrons. The fourth-order valence-electron chi connectivity index (χ4n) is 6.24. The van der Waals surface area contributed by atoms with Crippen LogP contribution in [0.25, 0.3) is 45.4 Å². The van der Waals surface area contributed by atoms with E-state index >= 15 is 0 Å². The largest absolute Gasteiger partial charge is 0.228 e. The van der Waals surface area contributed by atoms with Gasteiger partial charge in [-0.25, -0.2) is 9.97 Å². The van der Waals surface area contributed by atoms with Gasteiger partial charge in [0, 0.05) is 16.7 Å². The predicted molar refractivity (Wildman–Crippen MR) is 218 cm³/mol. The Morgan fingerprint density at radius 2 is 1.50 bits per heavy atom. The predicted octanol–water partition coefficient (Wildman–Crippen LogP) is 13.3. The Balaban J connectivity index is 1.83. The van der Waals surface area contributed by atoms with Crippen molar-refractivity contribution in [3.05, 3.63) is 190 Å². The van der Waals surface area contributed by atoms with Crippen LogP contribution in [-0.4, -0.2) is 9.97 Å². The van der Waals surface area contributed by atoms with E-state index < -0.39 is 0 Å². The number of nitrogens with zero attached hydrogens (tertiary/aromatic N) is 2. The quantitative estimate of drug-likeness (QED) is 0.126. The van der Waals surface area contributed by atoms with Crippen LogP contribution in [0.3, 0.4) is 0 Å². The fourth-order valence-corrected chi connectivity index (χ4v) is 6.24. The zero-order valence-corrected chi connectivity index (χ0v) is 30.6. The summed E-state index contributed by atoms with van der Waals surface area (Å²) >= 11 is 0. The molecular formula is C48H48N2. The first-order valence-corrected chi connectivity index (χ1v) is 17.3. The first kappa shape index (κ1) is 35.7. The summed E-state index contributed by atoms with van der Waals surface area (Å²) in [6.45, 7) is 23.2. The van der Waals surface area contributed by atoms with E-state index in [1.54, 1.807) is 6.08 Å². The van der Waals surface area contributed by atoms with Gasteiger partial charge in [-0.05, 0) is 135 Å². The fraction of sp³-hybridized carbons (Fsp3) is 0.167. The minimum Gasteiger partial charge on any atom is -0.228 e. The highest BCUT2D eigenvalue weighted by molar-refractivity contribution is 5.91. The average Bonchev–Trinajstić information content (AvgIpc) is 3.12. The van der Waals surface area contributed by atoms with Gasteiger partial charge in [-0.1, -0.05) is 121 Å². The number of benzene rings is 3. The second kappa shape index (κ2) is 16.2. The summed E-state index contributed by atoms with van der Waals surface area (Å²) in [6, 6.07) is 25.5. The molecule has 0 N–H and O–H groups in total. The van der Waals surface area contributed by atoms with Crippen LogP contribution in [0, 0.1) is 13.8 Å². The van der Waals surface area contributed by atoms with Crippen molar-refractivity contribution in [1.82, 2.24) is 9.97 Å². The van der Waals surface area contributed by atoms with Crippen LogP contribution in [0.15, 0.2) is 157 Å². The van der Waals surface area contributed by atoms with Crippen molar-refractivity contribution in [3.8, 4) is 22.6 Å². The summed E-state index contributed by atoms with van der Waals surface area (Å²) in [5.74, 6) is 0.671. The lowest BCUT2D eigenvalue weighted by molar-refractivity contribution is 1.11. The Hall–Kier alpha value is -5.60. The van der Waals surface area contributed by atoms with Gasteiger partial charge >= 0.3 is 0 Å². The number of aromatic nitrogens is 2. The van der Waals surface area contributed by atoms with Crippen molar-refractivity contribution in [2.24, 2.45) is 0 Å². The molecule has 0 saturated heterocycles. The maximum atomic E-state index is 5.34. The third-order valence-corrected chi connectivity index (χ3v) is 9.38. The smallest absolute Gasteiger partial charge is 0.160 e. The molecule has 3 aromatic carbocycles. The van der Waals surface area contributed by atoms with Gasteiger partial charge in [-0.3, -0.25) is 0 Å². The van der Waals surface area contributed by atoms with Crippen molar-refractivity contribution in [2.75, 3.05) is 0 Å². The van der Waals surface area contributed by atoms with Crippen molar-refractivity contribution in [1.29, 1.82) is 0 Å². The number of hydrogen-bond donors (Lipinski definition) is 0. The van der Waals surface area contributed by atoms with E-state index in [0.29, 0.717) is 5.82 Å². The molecule has 0 bridgehead atoms. The third-order valence-electron chi connectivity index (χ3n) is 9.38. The summed E-state index contributed by atoms with van der Waals surface area (Å²) < 4.78 is 0. The summed E-state index contributed by atoms with van der Waals surface area (Å²) in [5.41, 5.74) is 17.7. The molecule has 0 saturated carbocycles. The van der Waals surface area contributed by atoms with Crippen LogP contribution in [0.4, 0.5) is 0 Å². The van der Waals surface area contributed by atoms with Crippen LogP contribution in [-0.2, 0) is 0 Å². The lowest BCUT2D eigenvalue weighted by Gasteiger charge is -2.18. The normalized spacial score (nSPS) is 14.4. The zero-order chi connectivity index (χ0) is 35.8. The molecule has 2 heteroatoms. The minimum atomic E-state index is 0.671. The summed E-state index contributed by atoms with van der Waals surface area (Å²) in [5, 5.41) is 0. The van der Waals surface area contributed by atoms with Gasteiger partial charge in [0.25, 0.3) is 0 Å². The highest BCUT2D eigenvalue weighted by Gasteiger charge is 2.19. The van der Waals surface area contributed by atoms with Gasteiger partial charge < -0.3 is 0 Å². The van der Waals surface area contributed by atoms with Gasteiger partial charge in [-0.15, -0.1) is 0 Å². The Morgan fingerprint density at radius 3 is 2.16 bits per heavy atom. The topological polar surface area (TPSA) is 25.8 Å². The van der Waals surface area contributed by atoms with Gasteiger partial charge in [0.2, 0.25) is 0 Å². The number of allylic oxidation sites excluding steroid dienone is 15. The maximum Gasteiger partial charge on any atom is 0.160 e. The van der Waals surface area contributed by atoms with Crippen molar-refractivity contribution in [3.63, 3.8) is 0 Å². The third kappa shape index (κ3) is 7.98. The van der Waals surface area contributed by atoms with Crippen LogP contribution < -0.4 is 0 Å². The maximum absolute atomic E-state index is 5.34. The van der Waals surface area contributed by atoms with Crippen LogP contribution in [0.2, 0.25) is 0 Å². The molecule has 1 aliphatic rings. The molecular weight excluding hydrogens is 605 g/mol. The Morgan fingerprint density at radius 1 is 0.800 bits per heavy atom. The Bertz CT molecular complexity index is 2150. The van der Waals surface area contributed by atoms with Crippen molar-refractivity contribution in [2.45, 2.75) is 54.9 Å². The molecule has 0 radical (unpaired) electrons. The Kier molecular flexibility index (Phi) is 11.6. The van der Waals surface area contributed by atoms with Crippen LogP contribution in [0.5, 0.6) is 0 Å². The molecule has 4 aromatic rings. The highest BCUT2D eigenvalue weighted by atomic mass is 14.9. The van der Waals surface area contributed by atoms with E-state index in [1.165, 1.54) is 27.9 Å². The summed E-state index contributed by atoms with van der Waals surface area (Å²) in [7, 11) is 0. The van der Waals surface area contributed by atoms with Gasteiger partial charge in [0.15, 0.2) is 5.82 Å². The molecule has 1 aliphatic carbocycles. The van der Waals surface area contributed by atoms with Gasteiger partial charge in [0.1, 0.15) is 0 Å². The van der Waals surface area contributed by atoms with E-state index in [-0.39, 0.29) is 0 Å². The minimum absolute atomic E-state index is 0.671. The molecule has 2 nitrogen and oxygen atoms in total. The van der Waals surface area contributed by atoms with Crippen LogP contribution >= 0.6 is 0 Å². The second-order valence-electron chi connectivity index (χ2n) is 13.1. The molecule has 0 fully saturated rings. The average molecular weight is 653 g/mol. The second-order valence-corrected chi connectivity index (χ2v) is 13.1. The molecule has 0 aliphatic heterocycles. The molecule has 1 heterocycles. The van der Waals surface area contributed by atoms with Crippen molar-refractivity contribution >= 4 is 22.8 Å².